The van der Waals surface area contributed by atoms with Crippen LogP contribution in [0.15, 0.2) is 18.2 Å². The van der Waals surface area contributed by atoms with Gasteiger partial charge < -0.3 is 14.4 Å². The van der Waals surface area contributed by atoms with Crippen LogP contribution in [-0.2, 0) is 19.7 Å². The van der Waals surface area contributed by atoms with Gasteiger partial charge in [0.05, 0.1) is 13.0 Å². The number of ether oxygens (including phenoxy) is 2. The molecule has 1 aliphatic carbocycles. The van der Waals surface area contributed by atoms with E-state index in [2.05, 4.69) is 25.1 Å². The van der Waals surface area contributed by atoms with Crippen molar-refractivity contribution < 1.29 is 19.1 Å². The van der Waals surface area contributed by atoms with E-state index < -0.39 is 5.60 Å². The minimum Gasteiger partial charge on any atom is -0.466 e. The first-order chi connectivity index (χ1) is 13.1. The molecule has 2 aliphatic rings. The Bertz CT molecular complexity index is 741. The summed E-state index contributed by atoms with van der Waals surface area (Å²) < 4.78 is 10.7. The molecule has 1 saturated heterocycles. The molecular weight excluding hydrogens is 354 g/mol. The number of nitrogens with zero attached hydrogens (tertiary/aromatic N) is 1. The molecule has 3 rings (SSSR count). The van der Waals surface area contributed by atoms with Gasteiger partial charge in [0.2, 0.25) is 0 Å². The number of carbonyl (C=O) groups is 2. The molecule has 0 N–H and O–H groups in total. The van der Waals surface area contributed by atoms with E-state index in [1.54, 1.807) is 0 Å². The maximum Gasteiger partial charge on any atom is 0.410 e. The molecule has 1 atom stereocenters. The fourth-order valence-electron chi connectivity index (χ4n) is 4.70. The smallest absolute Gasteiger partial charge is 0.410 e. The first-order valence-corrected chi connectivity index (χ1v) is 10.4. The Morgan fingerprint density at radius 3 is 2.50 bits per heavy atom. The quantitative estimate of drug-likeness (QED) is 0.705. The molecule has 154 valence electrons. The van der Waals surface area contributed by atoms with E-state index in [0.29, 0.717) is 26.1 Å². The maximum atomic E-state index is 12.4. The highest BCUT2D eigenvalue weighted by Crippen LogP contribution is 2.53. The van der Waals surface area contributed by atoms with E-state index in [4.69, 9.17) is 9.47 Å². The van der Waals surface area contributed by atoms with E-state index in [1.165, 1.54) is 16.7 Å². The van der Waals surface area contributed by atoms with Crippen LogP contribution in [0.25, 0.3) is 0 Å². The molecule has 1 aromatic carbocycles. The second kappa shape index (κ2) is 7.76. The predicted molar refractivity (Wildman–Crippen MR) is 109 cm³/mol. The fourth-order valence-corrected chi connectivity index (χ4v) is 4.70. The van der Waals surface area contributed by atoms with Gasteiger partial charge in [0, 0.05) is 13.1 Å². The van der Waals surface area contributed by atoms with Gasteiger partial charge in [-0.05, 0) is 76.3 Å². The van der Waals surface area contributed by atoms with Crippen LogP contribution < -0.4 is 0 Å². The van der Waals surface area contributed by atoms with Crippen molar-refractivity contribution in [3.05, 3.63) is 34.9 Å². The van der Waals surface area contributed by atoms with Gasteiger partial charge in [0.25, 0.3) is 0 Å². The number of amides is 1. The zero-order valence-electron chi connectivity index (χ0n) is 17.8. The van der Waals surface area contributed by atoms with Crippen LogP contribution >= 0.6 is 0 Å². The SMILES string of the molecule is CCOC(=O)CC1CC2(CCN(C(=O)OC(C)(C)C)CC2)c2cc(C)ccc21. The molecule has 1 aliphatic heterocycles. The largest absolute Gasteiger partial charge is 0.466 e. The lowest BCUT2D eigenvalue weighted by Crippen LogP contribution is -2.46. The van der Waals surface area contributed by atoms with Crippen LogP contribution in [0.5, 0.6) is 0 Å². The topological polar surface area (TPSA) is 55.8 Å². The van der Waals surface area contributed by atoms with E-state index in [9.17, 15) is 9.59 Å². The standard InChI is InChI=1S/C23H33NO4/c1-6-27-20(25)14-17-15-23(19-13-16(2)7-8-18(17)19)9-11-24(12-10-23)21(26)28-22(3,4)5/h7-8,13,17H,6,9-12,14-15H2,1-5H3. The maximum absolute atomic E-state index is 12.4. The van der Waals surface area contributed by atoms with Crippen LogP contribution in [0.1, 0.15) is 76.0 Å². The molecule has 1 aromatic rings. The van der Waals surface area contributed by atoms with E-state index in [1.807, 2.05) is 32.6 Å². The number of piperidine rings is 1. The number of benzene rings is 1. The van der Waals surface area contributed by atoms with Gasteiger partial charge in [-0.3, -0.25) is 4.79 Å². The van der Waals surface area contributed by atoms with Gasteiger partial charge in [-0.1, -0.05) is 23.8 Å². The molecule has 1 spiro atoms. The first-order valence-electron chi connectivity index (χ1n) is 10.4. The van der Waals surface area contributed by atoms with Crippen LogP contribution in [0, 0.1) is 6.92 Å². The lowest BCUT2D eigenvalue weighted by Gasteiger charge is -2.40. The molecule has 0 saturated carbocycles. The Morgan fingerprint density at radius 1 is 1.21 bits per heavy atom. The predicted octanol–water partition coefficient (Wildman–Crippen LogP) is 4.70. The van der Waals surface area contributed by atoms with Gasteiger partial charge in [-0.2, -0.15) is 0 Å². The first kappa shape index (κ1) is 20.7. The average Bonchev–Trinajstić information content (AvgIpc) is 2.87. The minimum atomic E-state index is -0.478. The molecule has 1 amide bonds. The molecule has 1 heterocycles. The minimum absolute atomic E-state index is 0.0387. The summed E-state index contributed by atoms with van der Waals surface area (Å²) in [6.45, 7) is 11.4. The molecular formula is C23H33NO4. The Hall–Kier alpha value is -2.04. The second-order valence-electron chi connectivity index (χ2n) is 9.25. The molecule has 0 radical (unpaired) electrons. The van der Waals surface area contributed by atoms with Crippen molar-refractivity contribution in [3.63, 3.8) is 0 Å². The van der Waals surface area contributed by atoms with Gasteiger partial charge in [-0.25, -0.2) is 4.79 Å². The number of likely N-dealkylation sites (tertiary alicyclic amines) is 1. The Balaban J connectivity index is 1.77. The van der Waals surface area contributed by atoms with Crippen molar-refractivity contribution >= 4 is 12.1 Å². The Morgan fingerprint density at radius 2 is 1.89 bits per heavy atom. The summed E-state index contributed by atoms with van der Waals surface area (Å²) in [5, 5.41) is 0. The number of carbonyl (C=O) groups excluding carboxylic acids is 2. The summed E-state index contributed by atoms with van der Waals surface area (Å²) in [5.74, 6) is 0.0741. The zero-order valence-corrected chi connectivity index (χ0v) is 17.8. The van der Waals surface area contributed by atoms with Crippen molar-refractivity contribution in [3.8, 4) is 0 Å². The van der Waals surface area contributed by atoms with Crippen molar-refractivity contribution in [1.29, 1.82) is 0 Å². The summed E-state index contributed by atoms with van der Waals surface area (Å²) >= 11 is 0. The summed E-state index contributed by atoms with van der Waals surface area (Å²) in [4.78, 5) is 26.4. The molecule has 28 heavy (non-hydrogen) atoms. The molecule has 1 unspecified atom stereocenters. The van der Waals surface area contributed by atoms with Crippen LogP contribution in [0.3, 0.4) is 0 Å². The van der Waals surface area contributed by atoms with Crippen molar-refractivity contribution in [1.82, 2.24) is 4.90 Å². The van der Waals surface area contributed by atoms with E-state index in [0.717, 1.165) is 19.3 Å². The zero-order chi connectivity index (χ0) is 20.5. The Kier molecular flexibility index (Phi) is 5.74. The summed E-state index contributed by atoms with van der Waals surface area (Å²) in [6.07, 6.45) is 2.96. The van der Waals surface area contributed by atoms with Crippen LogP contribution in [0.2, 0.25) is 0 Å². The fraction of sp³-hybridized carbons (Fsp3) is 0.652. The van der Waals surface area contributed by atoms with Gasteiger partial charge >= 0.3 is 12.1 Å². The molecule has 0 aromatic heterocycles. The number of hydrogen-bond donors (Lipinski definition) is 0. The van der Waals surface area contributed by atoms with Crippen molar-refractivity contribution in [2.75, 3.05) is 19.7 Å². The molecule has 5 nitrogen and oxygen atoms in total. The van der Waals surface area contributed by atoms with Crippen molar-refractivity contribution in [2.45, 2.75) is 77.2 Å². The lowest BCUT2D eigenvalue weighted by molar-refractivity contribution is -0.143. The summed E-state index contributed by atoms with van der Waals surface area (Å²) in [7, 11) is 0. The normalized spacial score (nSPS) is 20.8. The van der Waals surface area contributed by atoms with Gasteiger partial charge in [0.15, 0.2) is 0 Å². The average molecular weight is 388 g/mol. The molecule has 5 heteroatoms. The van der Waals surface area contributed by atoms with E-state index >= 15 is 0 Å². The third kappa shape index (κ3) is 4.34. The highest BCUT2D eigenvalue weighted by Gasteiger charge is 2.46. The summed E-state index contributed by atoms with van der Waals surface area (Å²) in [6, 6.07) is 6.60. The van der Waals surface area contributed by atoms with Crippen LogP contribution in [0.4, 0.5) is 4.79 Å². The van der Waals surface area contributed by atoms with Gasteiger partial charge in [-0.15, -0.1) is 0 Å². The lowest BCUT2D eigenvalue weighted by atomic mass is 9.73. The third-order valence-corrected chi connectivity index (χ3v) is 5.95. The van der Waals surface area contributed by atoms with Crippen LogP contribution in [-0.4, -0.2) is 42.3 Å². The van der Waals surface area contributed by atoms with E-state index in [-0.39, 0.29) is 23.4 Å². The number of fused-ring (bicyclic) bond motifs is 2. The molecule has 1 fully saturated rings. The monoisotopic (exact) mass is 387 g/mol. The number of rotatable bonds is 3. The number of hydrogen-bond acceptors (Lipinski definition) is 4. The molecule has 0 bridgehead atoms. The number of esters is 1. The highest BCUT2D eigenvalue weighted by molar-refractivity contribution is 5.71. The van der Waals surface area contributed by atoms with Gasteiger partial charge in [0.1, 0.15) is 5.60 Å². The number of aryl methyl sites for hydroxylation is 1. The highest BCUT2D eigenvalue weighted by atomic mass is 16.6. The Labute approximate surface area is 168 Å². The third-order valence-electron chi connectivity index (χ3n) is 5.95. The second-order valence-corrected chi connectivity index (χ2v) is 9.25. The summed E-state index contributed by atoms with van der Waals surface area (Å²) in [5.41, 5.74) is 3.45. The van der Waals surface area contributed by atoms with Crippen molar-refractivity contribution in [2.24, 2.45) is 0 Å².